The minimum absolute atomic E-state index is 0.306. The van der Waals surface area contributed by atoms with Crippen LogP contribution >= 0.6 is 11.8 Å². The topological polar surface area (TPSA) is 75.6 Å². The minimum Gasteiger partial charge on any atom is -0.480 e. The van der Waals surface area contributed by atoms with E-state index in [2.05, 4.69) is 12.2 Å². The van der Waals surface area contributed by atoms with E-state index in [9.17, 15) is 9.59 Å². The lowest BCUT2D eigenvalue weighted by molar-refractivity contribution is -0.146. The second-order valence-electron chi connectivity index (χ2n) is 5.02. The highest BCUT2D eigenvalue weighted by molar-refractivity contribution is 7.99. The van der Waals surface area contributed by atoms with E-state index in [4.69, 9.17) is 9.84 Å². The molecule has 0 amide bonds. The number of hydrogen-bond acceptors (Lipinski definition) is 5. The van der Waals surface area contributed by atoms with Crippen LogP contribution in [0, 0.1) is 0 Å². The van der Waals surface area contributed by atoms with Crippen molar-refractivity contribution >= 4 is 23.7 Å². The Morgan fingerprint density at radius 3 is 2.43 bits per heavy atom. The van der Waals surface area contributed by atoms with Crippen LogP contribution < -0.4 is 5.32 Å². The van der Waals surface area contributed by atoms with Gasteiger partial charge in [-0.25, -0.2) is 0 Å². The van der Waals surface area contributed by atoms with Gasteiger partial charge in [0.05, 0.1) is 6.61 Å². The molecular weight excluding hydrogens is 290 g/mol. The Bertz CT molecular complexity index is 299. The molecule has 6 heteroatoms. The Morgan fingerprint density at radius 1 is 1.19 bits per heavy atom. The van der Waals surface area contributed by atoms with Gasteiger partial charge in [-0.2, -0.15) is 11.8 Å². The number of ether oxygens (including phenoxy) is 1. The summed E-state index contributed by atoms with van der Waals surface area (Å²) in [6.45, 7) is 5.77. The molecule has 0 heterocycles. The number of unbranched alkanes of at least 4 members (excludes halogenated alkanes) is 4. The first-order valence-electron chi connectivity index (χ1n) is 7.76. The van der Waals surface area contributed by atoms with Crippen LogP contribution in [0.25, 0.3) is 0 Å². The molecule has 0 fully saturated rings. The van der Waals surface area contributed by atoms with Gasteiger partial charge in [-0.1, -0.05) is 32.6 Å². The normalized spacial score (nSPS) is 13.7. The SMILES string of the molecule is CCCCCCCSC[C@H](NC(C)C(=O)O)C(=O)OCC. The average Bonchev–Trinajstić information content (AvgIpc) is 2.44. The molecule has 2 atom stereocenters. The maximum absolute atomic E-state index is 11.8. The molecule has 0 aromatic carbocycles. The molecule has 0 aromatic rings. The summed E-state index contributed by atoms with van der Waals surface area (Å²) in [5.41, 5.74) is 0. The van der Waals surface area contributed by atoms with E-state index in [1.54, 1.807) is 18.7 Å². The first-order valence-corrected chi connectivity index (χ1v) is 8.91. The third-order valence-electron chi connectivity index (χ3n) is 3.07. The number of carbonyl (C=O) groups excluding carboxylic acids is 1. The average molecular weight is 319 g/mol. The molecule has 0 aliphatic rings. The fourth-order valence-electron chi connectivity index (χ4n) is 1.81. The minimum atomic E-state index is -0.964. The van der Waals surface area contributed by atoms with Gasteiger partial charge in [-0.05, 0) is 26.0 Å². The van der Waals surface area contributed by atoms with Crippen molar-refractivity contribution in [1.82, 2.24) is 5.32 Å². The zero-order valence-corrected chi connectivity index (χ0v) is 14.2. The predicted molar refractivity (Wildman–Crippen MR) is 86.7 cm³/mol. The van der Waals surface area contributed by atoms with Gasteiger partial charge in [0.2, 0.25) is 0 Å². The summed E-state index contributed by atoms with van der Waals surface area (Å²) in [4.78, 5) is 22.7. The summed E-state index contributed by atoms with van der Waals surface area (Å²) < 4.78 is 4.99. The molecule has 0 bridgehead atoms. The van der Waals surface area contributed by atoms with Gasteiger partial charge in [-0.3, -0.25) is 14.9 Å². The Hall–Kier alpha value is -0.750. The van der Waals surface area contributed by atoms with Gasteiger partial charge in [-0.15, -0.1) is 0 Å². The quantitative estimate of drug-likeness (QED) is 0.401. The second-order valence-corrected chi connectivity index (χ2v) is 6.17. The van der Waals surface area contributed by atoms with Crippen LogP contribution in [-0.4, -0.2) is 47.2 Å². The Balaban J connectivity index is 4.04. The first-order chi connectivity index (χ1) is 10.0. The summed E-state index contributed by atoms with van der Waals surface area (Å²) in [5.74, 6) is 0.199. The molecule has 0 aliphatic carbocycles. The molecule has 124 valence electrons. The van der Waals surface area contributed by atoms with Gasteiger partial charge in [0.1, 0.15) is 12.1 Å². The summed E-state index contributed by atoms with van der Waals surface area (Å²) in [6.07, 6.45) is 6.11. The lowest BCUT2D eigenvalue weighted by atomic mass is 10.2. The number of carbonyl (C=O) groups is 2. The number of nitrogens with one attached hydrogen (secondary N) is 1. The third-order valence-corrected chi connectivity index (χ3v) is 4.22. The predicted octanol–water partition coefficient (Wildman–Crippen LogP) is 2.68. The van der Waals surface area contributed by atoms with Gasteiger partial charge >= 0.3 is 11.9 Å². The van der Waals surface area contributed by atoms with E-state index < -0.39 is 18.1 Å². The standard InChI is InChI=1S/C15H29NO4S/c1-4-6-7-8-9-10-21-11-13(15(19)20-5-2)16-12(3)14(17)18/h12-13,16H,4-11H2,1-3H3,(H,17,18)/t12?,13-/m0/s1. The molecule has 21 heavy (non-hydrogen) atoms. The van der Waals surface area contributed by atoms with Crippen molar-refractivity contribution in [2.75, 3.05) is 18.1 Å². The highest BCUT2D eigenvalue weighted by Gasteiger charge is 2.24. The van der Waals surface area contributed by atoms with Crippen molar-refractivity contribution in [3.63, 3.8) is 0 Å². The maximum atomic E-state index is 11.8. The molecule has 0 rings (SSSR count). The molecule has 5 nitrogen and oxygen atoms in total. The lowest BCUT2D eigenvalue weighted by Gasteiger charge is -2.19. The number of hydrogen-bond donors (Lipinski definition) is 2. The first kappa shape index (κ1) is 20.2. The molecular formula is C15H29NO4S. The summed E-state index contributed by atoms with van der Waals surface area (Å²) >= 11 is 1.67. The molecule has 0 aromatic heterocycles. The van der Waals surface area contributed by atoms with Crippen molar-refractivity contribution in [3.05, 3.63) is 0 Å². The number of aliphatic carboxylic acids is 1. The molecule has 0 aliphatic heterocycles. The fourth-order valence-corrected chi connectivity index (χ4v) is 2.85. The van der Waals surface area contributed by atoms with Gasteiger partial charge in [0, 0.05) is 5.75 Å². The molecule has 0 saturated carbocycles. The molecule has 0 radical (unpaired) electrons. The smallest absolute Gasteiger partial charge is 0.324 e. The van der Waals surface area contributed by atoms with Crippen LogP contribution in [0.1, 0.15) is 52.9 Å². The monoisotopic (exact) mass is 319 g/mol. The number of thioether (sulfide) groups is 1. The lowest BCUT2D eigenvalue weighted by Crippen LogP contribution is -2.47. The van der Waals surface area contributed by atoms with E-state index in [1.165, 1.54) is 32.6 Å². The summed E-state index contributed by atoms with van der Waals surface area (Å²) in [7, 11) is 0. The van der Waals surface area contributed by atoms with Crippen molar-refractivity contribution in [3.8, 4) is 0 Å². The number of carboxylic acid groups (broad SMARTS) is 1. The second kappa shape index (κ2) is 13.0. The third kappa shape index (κ3) is 10.6. The molecule has 0 spiro atoms. The summed E-state index contributed by atoms with van der Waals surface area (Å²) in [6, 6.07) is -1.32. The van der Waals surface area contributed by atoms with Crippen molar-refractivity contribution in [1.29, 1.82) is 0 Å². The maximum Gasteiger partial charge on any atom is 0.324 e. The van der Waals surface area contributed by atoms with Crippen LogP contribution in [0.5, 0.6) is 0 Å². The molecule has 2 N–H and O–H groups in total. The number of carboxylic acids is 1. The van der Waals surface area contributed by atoms with Crippen LogP contribution in [0.3, 0.4) is 0 Å². The molecule has 1 unspecified atom stereocenters. The van der Waals surface area contributed by atoms with Crippen LogP contribution in [0.2, 0.25) is 0 Å². The van der Waals surface area contributed by atoms with E-state index >= 15 is 0 Å². The zero-order valence-electron chi connectivity index (χ0n) is 13.4. The Labute approximate surface area is 132 Å². The number of rotatable bonds is 13. The van der Waals surface area contributed by atoms with Crippen molar-refractivity contribution < 1.29 is 19.4 Å². The Kier molecular flexibility index (Phi) is 12.5. The van der Waals surface area contributed by atoms with Gasteiger partial charge in [0.15, 0.2) is 0 Å². The van der Waals surface area contributed by atoms with Crippen molar-refractivity contribution in [2.45, 2.75) is 65.0 Å². The fraction of sp³-hybridized carbons (Fsp3) is 0.867. The van der Waals surface area contributed by atoms with Crippen LogP contribution in [-0.2, 0) is 14.3 Å². The van der Waals surface area contributed by atoms with E-state index in [1.807, 2.05) is 0 Å². The zero-order chi connectivity index (χ0) is 16.1. The van der Waals surface area contributed by atoms with Crippen molar-refractivity contribution in [2.24, 2.45) is 0 Å². The van der Waals surface area contributed by atoms with Gasteiger partial charge in [0.25, 0.3) is 0 Å². The van der Waals surface area contributed by atoms with Gasteiger partial charge < -0.3 is 9.84 Å². The van der Waals surface area contributed by atoms with E-state index in [0.29, 0.717) is 12.4 Å². The van der Waals surface area contributed by atoms with Crippen LogP contribution in [0.4, 0.5) is 0 Å². The van der Waals surface area contributed by atoms with Crippen LogP contribution in [0.15, 0.2) is 0 Å². The highest BCUT2D eigenvalue weighted by atomic mass is 32.2. The molecule has 0 saturated heterocycles. The summed E-state index contributed by atoms with van der Waals surface area (Å²) in [5, 5.41) is 11.7. The largest absolute Gasteiger partial charge is 0.480 e. The highest BCUT2D eigenvalue weighted by Crippen LogP contribution is 2.11. The van der Waals surface area contributed by atoms with E-state index in [-0.39, 0.29) is 5.97 Å². The Morgan fingerprint density at radius 2 is 1.86 bits per heavy atom. The van der Waals surface area contributed by atoms with E-state index in [0.717, 1.165) is 12.2 Å². The number of esters is 1.